The number of aromatic nitrogens is 2. The monoisotopic (exact) mass is 609 g/mol. The Bertz CT molecular complexity index is 1480. The number of aryl methyl sites for hydroxylation is 2. The predicted octanol–water partition coefficient (Wildman–Crippen LogP) is 5.53. The summed E-state index contributed by atoms with van der Waals surface area (Å²) in [6.45, 7) is 12.6. The third-order valence-electron chi connectivity index (χ3n) is 7.97. The number of nitrogens with one attached hydrogen (secondary N) is 1. The molecule has 1 unspecified atom stereocenters. The molecule has 0 aliphatic carbocycles. The van der Waals surface area contributed by atoms with E-state index >= 15 is 0 Å². The average Bonchev–Trinajstić information content (AvgIpc) is 3.31. The summed E-state index contributed by atoms with van der Waals surface area (Å²) in [5, 5.41) is 13.7. The van der Waals surface area contributed by atoms with Gasteiger partial charge in [0, 0.05) is 50.5 Å². The Morgan fingerprint density at radius 3 is 2.14 bits per heavy atom. The van der Waals surface area contributed by atoms with Crippen molar-refractivity contribution in [1.29, 1.82) is 0 Å². The lowest BCUT2D eigenvalue weighted by Gasteiger charge is -2.37. The maximum absolute atomic E-state index is 13.3. The number of benzene rings is 3. The van der Waals surface area contributed by atoms with E-state index in [2.05, 4.69) is 60.2 Å². The van der Waals surface area contributed by atoms with E-state index in [-0.39, 0.29) is 37.3 Å². The molecule has 1 aliphatic rings. The van der Waals surface area contributed by atoms with E-state index in [9.17, 15) is 9.90 Å². The molecular weight excluding hydrogens is 569 g/mol. The molecule has 1 fully saturated rings. The van der Waals surface area contributed by atoms with E-state index < -0.39 is 6.10 Å². The molecule has 0 bridgehead atoms. The minimum Gasteiger partial charge on any atom is -0.390 e. The number of imidazole rings is 1. The van der Waals surface area contributed by atoms with Crippen LogP contribution in [0.25, 0.3) is 17.1 Å². The summed E-state index contributed by atoms with van der Waals surface area (Å²) < 4.78 is 2.05. The molecular formula is C33H41Cl2N5O2. The first-order valence-electron chi connectivity index (χ1n) is 14.0. The van der Waals surface area contributed by atoms with E-state index in [0.717, 1.165) is 54.5 Å². The molecule has 1 saturated heterocycles. The minimum atomic E-state index is -0.663. The highest BCUT2D eigenvalue weighted by Gasteiger charge is 2.24. The number of para-hydroxylation sites is 1. The largest absolute Gasteiger partial charge is 0.390 e. The zero-order valence-corrected chi connectivity index (χ0v) is 26.3. The summed E-state index contributed by atoms with van der Waals surface area (Å²) in [6, 6.07) is 24.5. The van der Waals surface area contributed by atoms with Crippen molar-refractivity contribution >= 4 is 36.4 Å². The Hall–Kier alpha value is -3.36. The number of aliphatic hydroxyl groups excluding tert-OH is 1. The van der Waals surface area contributed by atoms with Gasteiger partial charge in [-0.05, 0) is 56.5 Å². The van der Waals surface area contributed by atoms with Crippen LogP contribution in [0.2, 0.25) is 0 Å². The highest BCUT2D eigenvalue weighted by Crippen LogP contribution is 2.28. The Balaban J connectivity index is 0.00000242. The van der Waals surface area contributed by atoms with Gasteiger partial charge >= 0.3 is 0 Å². The number of nitrogens with zero attached hydrogens (tertiary/aromatic N) is 4. The molecule has 42 heavy (non-hydrogen) atoms. The van der Waals surface area contributed by atoms with Crippen LogP contribution in [0, 0.1) is 27.7 Å². The topological polar surface area (TPSA) is 73.6 Å². The lowest BCUT2D eigenvalue weighted by molar-refractivity contribution is 0.0847. The highest BCUT2D eigenvalue weighted by atomic mass is 35.5. The SMILES string of the molecule is Cc1ccccc1-n1c(-c2ccccc2)nc(C(=O)NCC(O)CN2CCN(c3cccc(C)c3C)CC2)c1C.Cl.Cl. The van der Waals surface area contributed by atoms with Crippen LogP contribution in [-0.2, 0) is 0 Å². The molecule has 9 heteroatoms. The molecule has 0 spiro atoms. The van der Waals surface area contributed by atoms with Gasteiger partial charge in [0.2, 0.25) is 0 Å². The van der Waals surface area contributed by atoms with Crippen LogP contribution in [0.15, 0.2) is 72.8 Å². The van der Waals surface area contributed by atoms with Gasteiger partial charge in [0.05, 0.1) is 17.5 Å². The van der Waals surface area contributed by atoms with E-state index in [0.29, 0.717) is 12.2 Å². The Morgan fingerprint density at radius 1 is 0.833 bits per heavy atom. The number of amides is 1. The summed E-state index contributed by atoms with van der Waals surface area (Å²) in [5.74, 6) is 0.445. The van der Waals surface area contributed by atoms with E-state index in [1.807, 2.05) is 60.0 Å². The van der Waals surface area contributed by atoms with Crippen molar-refractivity contribution < 1.29 is 9.90 Å². The van der Waals surface area contributed by atoms with Crippen molar-refractivity contribution in [3.8, 4) is 17.1 Å². The highest BCUT2D eigenvalue weighted by molar-refractivity contribution is 5.94. The molecule has 4 aromatic rings. The Kier molecular flexibility index (Phi) is 11.6. The number of carbonyl (C=O) groups excluding carboxylic acids is 1. The normalized spacial score (nSPS) is 14.1. The van der Waals surface area contributed by atoms with Crippen LogP contribution in [-0.4, -0.2) is 70.8 Å². The van der Waals surface area contributed by atoms with Crippen LogP contribution in [0.4, 0.5) is 5.69 Å². The quantitative estimate of drug-likeness (QED) is 0.275. The Labute approximate surface area is 261 Å². The second-order valence-electron chi connectivity index (χ2n) is 10.7. The molecule has 5 rings (SSSR count). The maximum Gasteiger partial charge on any atom is 0.271 e. The van der Waals surface area contributed by atoms with Crippen molar-refractivity contribution in [3.05, 3.63) is 101 Å². The van der Waals surface area contributed by atoms with Gasteiger partial charge in [0.15, 0.2) is 0 Å². The first-order valence-corrected chi connectivity index (χ1v) is 14.0. The zero-order valence-electron chi connectivity index (χ0n) is 24.7. The number of hydrogen-bond acceptors (Lipinski definition) is 5. The average molecular weight is 611 g/mol. The number of carbonyl (C=O) groups is 1. The van der Waals surface area contributed by atoms with Gasteiger partial charge in [-0.3, -0.25) is 14.3 Å². The number of anilines is 1. The van der Waals surface area contributed by atoms with Gasteiger partial charge in [-0.25, -0.2) is 4.98 Å². The molecule has 1 aliphatic heterocycles. The number of hydrogen-bond donors (Lipinski definition) is 2. The van der Waals surface area contributed by atoms with E-state index in [1.54, 1.807) is 0 Å². The van der Waals surface area contributed by atoms with Crippen LogP contribution >= 0.6 is 24.8 Å². The summed E-state index contributed by atoms with van der Waals surface area (Å²) >= 11 is 0. The molecule has 224 valence electrons. The lowest BCUT2D eigenvalue weighted by Crippen LogP contribution is -2.50. The summed E-state index contributed by atoms with van der Waals surface area (Å²) in [6.07, 6.45) is -0.663. The summed E-state index contributed by atoms with van der Waals surface area (Å²) in [5.41, 5.74) is 8.09. The molecule has 0 radical (unpaired) electrons. The van der Waals surface area contributed by atoms with E-state index in [4.69, 9.17) is 4.98 Å². The molecule has 3 aromatic carbocycles. The predicted molar refractivity (Wildman–Crippen MR) is 176 cm³/mol. The third-order valence-corrected chi connectivity index (χ3v) is 7.97. The molecule has 2 heterocycles. The second kappa shape index (κ2) is 14.7. The lowest BCUT2D eigenvalue weighted by atomic mass is 10.1. The van der Waals surface area contributed by atoms with Gasteiger partial charge in [-0.2, -0.15) is 0 Å². The number of piperazine rings is 1. The van der Waals surface area contributed by atoms with Crippen LogP contribution in [0.1, 0.15) is 32.9 Å². The standard InChI is InChI=1S/C33H39N5O2.2ClH/c1-23-12-10-16-30(25(23)3)37-19-17-36(18-20-37)22-28(39)21-34-33(40)31-26(4)38(29-15-9-8-11-24(29)2)32(35-31)27-13-6-5-7-14-27;;/h5-16,28,39H,17-22H2,1-4H3,(H,34,40);2*1H. The molecule has 1 aromatic heterocycles. The molecule has 0 saturated carbocycles. The third kappa shape index (κ3) is 7.16. The van der Waals surface area contributed by atoms with Crippen molar-refractivity contribution in [2.45, 2.75) is 33.8 Å². The van der Waals surface area contributed by atoms with Gasteiger partial charge < -0.3 is 15.3 Å². The zero-order chi connectivity index (χ0) is 28.2. The van der Waals surface area contributed by atoms with Gasteiger partial charge in [0.1, 0.15) is 11.5 Å². The first kappa shape index (κ1) is 33.1. The van der Waals surface area contributed by atoms with Crippen LogP contribution in [0.3, 0.4) is 0 Å². The summed E-state index contributed by atoms with van der Waals surface area (Å²) in [7, 11) is 0. The minimum absolute atomic E-state index is 0. The fourth-order valence-corrected chi connectivity index (χ4v) is 5.51. The maximum atomic E-state index is 13.3. The van der Waals surface area contributed by atoms with Crippen molar-refractivity contribution in [3.63, 3.8) is 0 Å². The Morgan fingerprint density at radius 2 is 1.45 bits per heavy atom. The molecule has 1 amide bonds. The first-order chi connectivity index (χ1) is 19.3. The molecule has 7 nitrogen and oxygen atoms in total. The van der Waals surface area contributed by atoms with Crippen molar-refractivity contribution in [1.82, 2.24) is 19.8 Å². The summed E-state index contributed by atoms with van der Waals surface area (Å²) in [4.78, 5) is 22.8. The van der Waals surface area contributed by atoms with Gasteiger partial charge in [-0.15, -0.1) is 24.8 Å². The van der Waals surface area contributed by atoms with Crippen molar-refractivity contribution in [2.75, 3.05) is 44.2 Å². The number of halogens is 2. The van der Waals surface area contributed by atoms with Gasteiger partial charge in [0.25, 0.3) is 5.91 Å². The van der Waals surface area contributed by atoms with Crippen LogP contribution < -0.4 is 10.2 Å². The van der Waals surface area contributed by atoms with Gasteiger partial charge in [-0.1, -0.05) is 60.7 Å². The number of rotatable bonds is 8. The number of β-amino-alcohol motifs (C(OH)–C–C–N with tert-alkyl or cyclic N) is 1. The molecule has 2 N–H and O–H groups in total. The van der Waals surface area contributed by atoms with Crippen molar-refractivity contribution in [2.24, 2.45) is 0 Å². The fourth-order valence-electron chi connectivity index (χ4n) is 5.51. The van der Waals surface area contributed by atoms with E-state index in [1.165, 1.54) is 16.8 Å². The molecule has 1 atom stereocenters. The van der Waals surface area contributed by atoms with Crippen LogP contribution in [0.5, 0.6) is 0 Å². The fraction of sp³-hybridized carbons (Fsp3) is 0.333. The smallest absolute Gasteiger partial charge is 0.271 e. The second-order valence-corrected chi connectivity index (χ2v) is 10.7. The number of aliphatic hydroxyl groups is 1.